The number of hydrogen-bond acceptors (Lipinski definition) is 6. The molecular formula is C9H9ClFN3O5S2. The van der Waals surface area contributed by atoms with Gasteiger partial charge in [0.05, 0.1) is 11.4 Å². The number of rotatable bonds is 5. The molecule has 0 atom stereocenters. The SMILES string of the molecule is Cc1c(CN=[N+]=[N-])cc(OS(=O)(=O)F)c(C)c1S(=O)(=O)Cl. The lowest BCUT2D eigenvalue weighted by Gasteiger charge is -2.14. The number of hydrogen-bond donors (Lipinski definition) is 0. The van der Waals surface area contributed by atoms with Gasteiger partial charge in [0, 0.05) is 21.2 Å². The van der Waals surface area contributed by atoms with Crippen LogP contribution in [-0.4, -0.2) is 16.8 Å². The minimum absolute atomic E-state index is 0.135. The van der Waals surface area contributed by atoms with E-state index in [0.29, 0.717) is 0 Å². The molecule has 0 aromatic heterocycles. The van der Waals surface area contributed by atoms with E-state index in [0.717, 1.165) is 6.07 Å². The van der Waals surface area contributed by atoms with Crippen LogP contribution in [0, 0.1) is 13.8 Å². The van der Waals surface area contributed by atoms with E-state index in [1.807, 2.05) is 0 Å². The molecule has 0 N–H and O–H groups in total. The van der Waals surface area contributed by atoms with Crippen molar-refractivity contribution in [3.8, 4) is 5.75 Å². The molecule has 0 saturated heterocycles. The van der Waals surface area contributed by atoms with Crippen LogP contribution in [0.5, 0.6) is 5.75 Å². The van der Waals surface area contributed by atoms with Gasteiger partial charge in [0.1, 0.15) is 5.75 Å². The first-order valence-electron chi connectivity index (χ1n) is 5.20. The molecule has 1 aromatic carbocycles. The molecule has 0 unspecified atom stereocenters. The maximum Gasteiger partial charge on any atom is 0.488 e. The van der Waals surface area contributed by atoms with Crippen LogP contribution in [0.1, 0.15) is 16.7 Å². The number of halogens is 2. The summed E-state index contributed by atoms with van der Waals surface area (Å²) in [5.41, 5.74) is 8.40. The Morgan fingerprint density at radius 1 is 1.33 bits per heavy atom. The van der Waals surface area contributed by atoms with Crippen molar-refractivity contribution in [1.82, 2.24) is 0 Å². The van der Waals surface area contributed by atoms with E-state index in [-0.39, 0.29) is 23.2 Å². The zero-order valence-electron chi connectivity index (χ0n) is 10.7. The van der Waals surface area contributed by atoms with Crippen LogP contribution >= 0.6 is 10.7 Å². The van der Waals surface area contributed by atoms with Crippen LogP contribution in [0.4, 0.5) is 3.89 Å². The largest absolute Gasteiger partial charge is 0.488 e. The Morgan fingerprint density at radius 3 is 2.33 bits per heavy atom. The molecule has 12 heteroatoms. The quantitative estimate of drug-likeness (QED) is 0.346. The van der Waals surface area contributed by atoms with Gasteiger partial charge in [-0.25, -0.2) is 8.42 Å². The number of nitrogens with zero attached hydrogens (tertiary/aromatic N) is 3. The van der Waals surface area contributed by atoms with Gasteiger partial charge in [-0.15, -0.1) is 0 Å². The minimum atomic E-state index is -5.35. The van der Waals surface area contributed by atoms with Gasteiger partial charge in [-0.2, -0.15) is 8.42 Å². The molecule has 0 aliphatic rings. The topological polar surface area (TPSA) is 126 Å². The average Bonchev–Trinajstić information content (AvgIpc) is 2.28. The zero-order valence-corrected chi connectivity index (χ0v) is 13.1. The molecule has 21 heavy (non-hydrogen) atoms. The lowest BCUT2D eigenvalue weighted by atomic mass is 10.0. The van der Waals surface area contributed by atoms with Gasteiger partial charge in [0.15, 0.2) is 0 Å². The highest BCUT2D eigenvalue weighted by Crippen LogP contribution is 2.34. The van der Waals surface area contributed by atoms with Crippen LogP contribution in [0.15, 0.2) is 16.1 Å². The molecule has 0 heterocycles. The highest BCUT2D eigenvalue weighted by atomic mass is 35.7. The first-order chi connectivity index (χ1) is 9.47. The molecule has 0 aliphatic carbocycles. The van der Waals surface area contributed by atoms with Crippen molar-refractivity contribution in [2.45, 2.75) is 25.3 Å². The van der Waals surface area contributed by atoms with Gasteiger partial charge in [0.2, 0.25) is 0 Å². The van der Waals surface area contributed by atoms with Crippen molar-refractivity contribution in [1.29, 1.82) is 0 Å². The van der Waals surface area contributed by atoms with Crippen LogP contribution in [0.2, 0.25) is 0 Å². The normalized spacial score (nSPS) is 11.8. The van der Waals surface area contributed by atoms with E-state index in [9.17, 15) is 20.7 Å². The summed E-state index contributed by atoms with van der Waals surface area (Å²) >= 11 is 0. The summed E-state index contributed by atoms with van der Waals surface area (Å²) < 4.78 is 61.0. The van der Waals surface area contributed by atoms with E-state index < -0.39 is 30.2 Å². The lowest BCUT2D eigenvalue weighted by Crippen LogP contribution is -2.08. The summed E-state index contributed by atoms with van der Waals surface area (Å²) in [6, 6.07) is 1.07. The molecular weight excluding hydrogens is 349 g/mol. The van der Waals surface area contributed by atoms with Crippen molar-refractivity contribution in [3.05, 3.63) is 33.2 Å². The maximum atomic E-state index is 12.7. The predicted octanol–water partition coefficient (Wildman–Crippen LogP) is 2.63. The molecule has 0 saturated carbocycles. The second kappa shape index (κ2) is 6.06. The Bertz CT molecular complexity index is 831. The third kappa shape index (κ3) is 4.46. The van der Waals surface area contributed by atoms with Gasteiger partial charge in [-0.1, -0.05) is 9.00 Å². The molecule has 1 aromatic rings. The van der Waals surface area contributed by atoms with E-state index in [2.05, 4.69) is 14.2 Å². The van der Waals surface area contributed by atoms with Crippen molar-refractivity contribution in [2.24, 2.45) is 5.11 Å². The van der Waals surface area contributed by atoms with Crippen LogP contribution in [0.3, 0.4) is 0 Å². The minimum Gasteiger partial charge on any atom is -0.358 e. The summed E-state index contributed by atoms with van der Waals surface area (Å²) in [4.78, 5) is 2.08. The number of azide groups is 1. The van der Waals surface area contributed by atoms with E-state index in [1.165, 1.54) is 13.8 Å². The average molecular weight is 358 g/mol. The molecule has 0 aliphatic heterocycles. The van der Waals surface area contributed by atoms with Crippen molar-refractivity contribution < 1.29 is 24.9 Å². The van der Waals surface area contributed by atoms with Crippen molar-refractivity contribution in [3.63, 3.8) is 0 Å². The van der Waals surface area contributed by atoms with Crippen LogP contribution < -0.4 is 4.18 Å². The maximum absolute atomic E-state index is 12.7. The monoisotopic (exact) mass is 357 g/mol. The summed E-state index contributed by atoms with van der Waals surface area (Å²) in [6.45, 7) is 2.31. The predicted molar refractivity (Wildman–Crippen MR) is 72.5 cm³/mol. The standard InChI is InChI=1S/C9H9ClFN3O5S2/c1-5-7(4-13-14-12)3-8(19-21(11,17)18)6(2)9(5)20(10,15)16/h3H,4H2,1-2H3. The Morgan fingerprint density at radius 2 is 1.90 bits per heavy atom. The fourth-order valence-corrected chi connectivity index (χ4v) is 3.79. The molecule has 0 amide bonds. The Labute approximate surface area is 125 Å². The molecule has 0 spiro atoms. The highest BCUT2D eigenvalue weighted by molar-refractivity contribution is 8.13. The fraction of sp³-hybridized carbons (Fsp3) is 0.333. The lowest BCUT2D eigenvalue weighted by molar-refractivity contribution is 0.437. The first kappa shape index (κ1) is 17.5. The van der Waals surface area contributed by atoms with Gasteiger partial charge >= 0.3 is 10.5 Å². The fourth-order valence-electron chi connectivity index (χ4n) is 1.75. The van der Waals surface area contributed by atoms with Gasteiger partial charge < -0.3 is 4.18 Å². The molecule has 0 bridgehead atoms. The first-order valence-corrected chi connectivity index (χ1v) is 8.82. The third-order valence-corrected chi connectivity index (χ3v) is 4.52. The molecule has 116 valence electrons. The summed E-state index contributed by atoms with van der Waals surface area (Å²) in [7, 11) is -4.31. The molecule has 8 nitrogen and oxygen atoms in total. The van der Waals surface area contributed by atoms with Gasteiger partial charge in [0.25, 0.3) is 9.05 Å². The summed E-state index contributed by atoms with van der Waals surface area (Å²) in [5, 5.41) is 3.24. The second-order valence-electron chi connectivity index (χ2n) is 3.92. The Balaban J connectivity index is 3.71. The van der Waals surface area contributed by atoms with Crippen LogP contribution in [0.25, 0.3) is 10.4 Å². The van der Waals surface area contributed by atoms with E-state index in [1.54, 1.807) is 0 Å². The van der Waals surface area contributed by atoms with Crippen molar-refractivity contribution >= 4 is 30.2 Å². The third-order valence-electron chi connectivity index (χ3n) is 2.58. The summed E-state index contributed by atoms with van der Waals surface area (Å²) in [5.74, 6) is -0.550. The van der Waals surface area contributed by atoms with Crippen LogP contribution in [-0.2, 0) is 26.1 Å². The molecule has 0 radical (unpaired) electrons. The van der Waals surface area contributed by atoms with Gasteiger partial charge in [-0.3, -0.25) is 0 Å². The second-order valence-corrected chi connectivity index (χ2v) is 7.37. The Hall–Kier alpha value is -1.55. The highest BCUT2D eigenvalue weighted by Gasteiger charge is 2.24. The van der Waals surface area contributed by atoms with Gasteiger partial charge in [-0.05, 0) is 36.6 Å². The Kier molecular flexibility index (Phi) is 5.05. The molecule has 1 rings (SSSR count). The zero-order chi connectivity index (χ0) is 16.4. The van der Waals surface area contributed by atoms with E-state index in [4.69, 9.17) is 16.2 Å². The number of benzene rings is 1. The molecule has 0 fully saturated rings. The smallest absolute Gasteiger partial charge is 0.358 e. The summed E-state index contributed by atoms with van der Waals surface area (Å²) in [6.07, 6.45) is 0. The van der Waals surface area contributed by atoms with Crippen molar-refractivity contribution in [2.75, 3.05) is 0 Å². The van der Waals surface area contributed by atoms with E-state index >= 15 is 0 Å².